The Morgan fingerprint density at radius 2 is 1.64 bits per heavy atom. The van der Waals surface area contributed by atoms with E-state index in [1.54, 1.807) is 6.07 Å². The molecule has 0 radical (unpaired) electrons. The summed E-state index contributed by atoms with van der Waals surface area (Å²) in [4.78, 5) is 12.4. The molecule has 0 aliphatic carbocycles. The minimum Gasteiger partial charge on any atom is -0.326 e. The smallest absolute Gasteiger partial charge is 0.274 e. The third-order valence-electron chi connectivity index (χ3n) is 4.46. The van der Waals surface area contributed by atoms with Crippen molar-refractivity contribution in [3.05, 3.63) is 93.9 Å². The molecule has 0 bridgehead atoms. The largest absolute Gasteiger partial charge is 0.326 e. The van der Waals surface area contributed by atoms with Crippen LogP contribution >= 0.6 is 0 Å². The van der Waals surface area contributed by atoms with Crippen molar-refractivity contribution < 1.29 is 0 Å². The van der Waals surface area contributed by atoms with Crippen LogP contribution < -0.4 is 5.56 Å². The maximum absolute atomic E-state index is 12.4. The highest BCUT2D eigenvalue weighted by molar-refractivity contribution is 5.64. The fourth-order valence-corrected chi connectivity index (χ4v) is 3.06. The lowest BCUT2D eigenvalue weighted by atomic mass is 10.1. The number of rotatable bonds is 3. The number of hydrogen-bond acceptors (Lipinski definition) is 2. The number of aromatic nitrogens is 3. The van der Waals surface area contributed by atoms with Crippen LogP contribution in [0.4, 0.5) is 0 Å². The van der Waals surface area contributed by atoms with Crippen LogP contribution in [0.2, 0.25) is 0 Å². The average Bonchev–Trinajstić information content (AvgIpc) is 3.07. The van der Waals surface area contributed by atoms with Gasteiger partial charge in [0.15, 0.2) is 0 Å². The molecule has 0 saturated heterocycles. The van der Waals surface area contributed by atoms with Crippen LogP contribution in [0.3, 0.4) is 0 Å². The Labute approximate surface area is 146 Å². The summed E-state index contributed by atoms with van der Waals surface area (Å²) in [5, 5.41) is 4.52. The van der Waals surface area contributed by atoms with Crippen LogP contribution in [-0.2, 0) is 6.54 Å². The van der Waals surface area contributed by atoms with Gasteiger partial charge in [0.2, 0.25) is 0 Å². The van der Waals surface area contributed by atoms with E-state index in [-0.39, 0.29) is 5.56 Å². The van der Waals surface area contributed by atoms with E-state index < -0.39 is 0 Å². The Kier molecular flexibility index (Phi) is 3.73. The number of aryl methyl sites for hydroxylation is 2. The molecule has 0 atom stereocenters. The quantitative estimate of drug-likeness (QED) is 0.573. The summed E-state index contributed by atoms with van der Waals surface area (Å²) in [6.45, 7) is 4.75. The molecule has 25 heavy (non-hydrogen) atoms. The minimum atomic E-state index is -0.102. The first-order valence-corrected chi connectivity index (χ1v) is 8.33. The summed E-state index contributed by atoms with van der Waals surface area (Å²) in [7, 11) is 0. The van der Waals surface area contributed by atoms with Crippen molar-refractivity contribution in [3.8, 4) is 11.3 Å². The van der Waals surface area contributed by atoms with Crippen LogP contribution in [0.25, 0.3) is 16.9 Å². The summed E-state index contributed by atoms with van der Waals surface area (Å²) in [5.41, 5.74) is 5.88. The summed E-state index contributed by atoms with van der Waals surface area (Å²) in [5.74, 6) is 0. The maximum atomic E-state index is 12.4. The molecule has 0 unspecified atom stereocenters. The van der Waals surface area contributed by atoms with Crippen LogP contribution in [0.15, 0.2) is 71.5 Å². The van der Waals surface area contributed by atoms with Crippen LogP contribution in [-0.4, -0.2) is 14.2 Å². The summed E-state index contributed by atoms with van der Waals surface area (Å²) in [6, 6.07) is 22.0. The second kappa shape index (κ2) is 6.06. The zero-order valence-electron chi connectivity index (χ0n) is 14.3. The molecule has 0 spiro atoms. The van der Waals surface area contributed by atoms with Crippen molar-refractivity contribution in [1.29, 1.82) is 0 Å². The number of hydrogen-bond donors (Lipinski definition) is 0. The first-order valence-electron chi connectivity index (χ1n) is 8.33. The zero-order chi connectivity index (χ0) is 17.4. The number of nitrogens with zero attached hydrogens (tertiary/aromatic N) is 3. The molecule has 2 aromatic carbocycles. The Bertz CT molecular complexity index is 1090. The van der Waals surface area contributed by atoms with Crippen LogP contribution in [0, 0.1) is 13.8 Å². The van der Waals surface area contributed by atoms with E-state index >= 15 is 0 Å². The molecule has 0 fully saturated rings. The fourth-order valence-electron chi connectivity index (χ4n) is 3.06. The molecule has 124 valence electrons. The van der Waals surface area contributed by atoms with Gasteiger partial charge in [0.25, 0.3) is 5.56 Å². The molecular formula is C21H19N3O. The molecule has 0 aliphatic rings. The van der Waals surface area contributed by atoms with Crippen molar-refractivity contribution in [3.63, 3.8) is 0 Å². The number of fused-ring (bicyclic) bond motifs is 1. The first kappa shape index (κ1) is 15.4. The van der Waals surface area contributed by atoms with Gasteiger partial charge in [0.05, 0.1) is 5.69 Å². The normalized spacial score (nSPS) is 11.1. The Morgan fingerprint density at radius 1 is 0.920 bits per heavy atom. The Hall–Kier alpha value is -3.14. The lowest BCUT2D eigenvalue weighted by Crippen LogP contribution is -2.20. The third kappa shape index (κ3) is 2.87. The summed E-state index contributed by atoms with van der Waals surface area (Å²) >= 11 is 0. The molecule has 4 rings (SSSR count). The second-order valence-electron chi connectivity index (χ2n) is 6.36. The molecule has 2 heterocycles. The van der Waals surface area contributed by atoms with Crippen LogP contribution in [0.5, 0.6) is 0 Å². The molecule has 0 aliphatic heterocycles. The highest BCUT2D eigenvalue weighted by Gasteiger charge is 2.12. The van der Waals surface area contributed by atoms with Gasteiger partial charge in [-0.15, -0.1) is 0 Å². The first-order chi connectivity index (χ1) is 12.1. The van der Waals surface area contributed by atoms with E-state index in [0.717, 1.165) is 22.6 Å². The van der Waals surface area contributed by atoms with Crippen molar-refractivity contribution in [2.75, 3.05) is 0 Å². The van der Waals surface area contributed by atoms with Crippen molar-refractivity contribution in [2.24, 2.45) is 0 Å². The monoisotopic (exact) mass is 329 g/mol. The molecule has 4 nitrogen and oxygen atoms in total. The molecule has 4 heteroatoms. The maximum Gasteiger partial charge on any atom is 0.274 e. The van der Waals surface area contributed by atoms with E-state index in [4.69, 9.17) is 0 Å². The molecule has 0 N–H and O–H groups in total. The predicted molar refractivity (Wildman–Crippen MR) is 99.9 cm³/mol. The lowest BCUT2D eigenvalue weighted by molar-refractivity contribution is 0.738. The van der Waals surface area contributed by atoms with E-state index in [9.17, 15) is 4.79 Å². The summed E-state index contributed by atoms with van der Waals surface area (Å²) in [6.07, 6.45) is 0. The molecule has 0 amide bonds. The topological polar surface area (TPSA) is 39.3 Å². The summed E-state index contributed by atoms with van der Waals surface area (Å²) < 4.78 is 3.62. The lowest BCUT2D eigenvalue weighted by Gasteiger charge is -2.12. The Balaban J connectivity index is 1.87. The highest BCUT2D eigenvalue weighted by Crippen LogP contribution is 2.20. The minimum absolute atomic E-state index is 0.102. The predicted octanol–water partition coefficient (Wildman–Crippen LogP) is 3.83. The van der Waals surface area contributed by atoms with Crippen molar-refractivity contribution in [2.45, 2.75) is 20.4 Å². The average molecular weight is 329 g/mol. The standard InChI is InChI=1S/C21H19N3O/c1-15-8-10-17(11-9-15)14-23-16(2)12-21(25)24-20(23)13-19(22-24)18-6-4-3-5-7-18/h3-13H,14H2,1-2H3. The third-order valence-corrected chi connectivity index (χ3v) is 4.46. The number of benzene rings is 2. The van der Waals surface area contributed by atoms with Crippen molar-refractivity contribution in [1.82, 2.24) is 14.2 Å². The molecule has 0 saturated carbocycles. The van der Waals surface area contributed by atoms with Crippen LogP contribution in [0.1, 0.15) is 16.8 Å². The Morgan fingerprint density at radius 3 is 2.36 bits per heavy atom. The molecule has 2 aromatic heterocycles. The second-order valence-corrected chi connectivity index (χ2v) is 6.36. The van der Waals surface area contributed by atoms with Crippen molar-refractivity contribution >= 4 is 5.65 Å². The molecule has 4 aromatic rings. The van der Waals surface area contributed by atoms with Gasteiger partial charge in [-0.05, 0) is 19.4 Å². The van der Waals surface area contributed by atoms with Gasteiger partial charge in [-0.2, -0.15) is 9.61 Å². The van der Waals surface area contributed by atoms with E-state index in [1.165, 1.54) is 15.6 Å². The van der Waals surface area contributed by atoms with Gasteiger partial charge in [-0.3, -0.25) is 4.79 Å². The van der Waals surface area contributed by atoms with E-state index in [0.29, 0.717) is 6.54 Å². The molecular weight excluding hydrogens is 310 g/mol. The van der Waals surface area contributed by atoms with Gasteiger partial charge in [0, 0.05) is 29.9 Å². The zero-order valence-corrected chi connectivity index (χ0v) is 14.3. The van der Waals surface area contributed by atoms with Gasteiger partial charge < -0.3 is 4.57 Å². The highest BCUT2D eigenvalue weighted by atomic mass is 16.1. The van der Waals surface area contributed by atoms with Gasteiger partial charge in [0.1, 0.15) is 5.65 Å². The SMILES string of the molecule is Cc1ccc(Cn2c(C)cc(=O)n3nc(-c4ccccc4)cc23)cc1. The van der Waals surface area contributed by atoms with Gasteiger partial charge in [-0.25, -0.2) is 0 Å². The van der Waals surface area contributed by atoms with E-state index in [1.807, 2.05) is 43.3 Å². The van der Waals surface area contributed by atoms with Gasteiger partial charge in [-0.1, -0.05) is 60.2 Å². The fraction of sp³-hybridized carbons (Fsp3) is 0.143. The van der Waals surface area contributed by atoms with Gasteiger partial charge >= 0.3 is 0 Å². The van der Waals surface area contributed by atoms with E-state index in [2.05, 4.69) is 40.9 Å².